The monoisotopic (exact) mass is 238 g/mol. The van der Waals surface area contributed by atoms with Crippen molar-refractivity contribution in [3.63, 3.8) is 0 Å². The van der Waals surface area contributed by atoms with Crippen LogP contribution >= 0.6 is 11.6 Å². The van der Waals surface area contributed by atoms with Gasteiger partial charge in [-0.15, -0.1) is 0 Å². The average Bonchev–Trinajstić information content (AvgIpc) is 2.27. The van der Waals surface area contributed by atoms with Gasteiger partial charge in [0.2, 0.25) is 0 Å². The predicted molar refractivity (Wildman–Crippen MR) is 64.3 cm³/mol. The van der Waals surface area contributed by atoms with Crippen LogP contribution < -0.4 is 5.32 Å². The fourth-order valence-corrected chi connectivity index (χ4v) is 1.60. The largest absolute Gasteiger partial charge is 0.383 e. The van der Waals surface area contributed by atoms with Gasteiger partial charge in [0.1, 0.15) is 0 Å². The van der Waals surface area contributed by atoms with E-state index in [1.165, 1.54) is 0 Å². The summed E-state index contributed by atoms with van der Waals surface area (Å²) in [5.74, 6) is 0. The highest BCUT2D eigenvalue weighted by Crippen LogP contribution is 2.17. The van der Waals surface area contributed by atoms with Gasteiger partial charge in [0.05, 0.1) is 18.2 Å². The molecule has 0 aromatic heterocycles. The molecule has 0 spiro atoms. The number of methoxy groups -OCH3 is 1. The smallest absolute Gasteiger partial charge is 0.0992 e. The van der Waals surface area contributed by atoms with Gasteiger partial charge in [0.25, 0.3) is 0 Å². The number of halogens is 1. The summed E-state index contributed by atoms with van der Waals surface area (Å²) in [7, 11) is 1.67. The Hall–Kier alpha value is -1.08. The summed E-state index contributed by atoms with van der Waals surface area (Å²) in [4.78, 5) is 0. The molecule has 1 atom stereocenters. The van der Waals surface area contributed by atoms with Crippen LogP contribution in [0.25, 0.3) is 0 Å². The maximum atomic E-state index is 8.70. The van der Waals surface area contributed by atoms with Crippen LogP contribution in [0.1, 0.15) is 18.1 Å². The minimum Gasteiger partial charge on any atom is -0.383 e. The molecule has 0 bridgehead atoms. The fraction of sp³-hybridized carbons (Fsp3) is 0.417. The normalized spacial score (nSPS) is 12.1. The van der Waals surface area contributed by atoms with Gasteiger partial charge in [-0.25, -0.2) is 0 Å². The van der Waals surface area contributed by atoms with Crippen LogP contribution in [0.4, 0.5) is 0 Å². The Morgan fingerprint density at radius 1 is 1.56 bits per heavy atom. The van der Waals surface area contributed by atoms with Crippen molar-refractivity contribution in [3.8, 4) is 6.07 Å². The van der Waals surface area contributed by atoms with Crippen LogP contribution in [-0.2, 0) is 11.3 Å². The Morgan fingerprint density at radius 2 is 2.31 bits per heavy atom. The van der Waals surface area contributed by atoms with Gasteiger partial charge in [-0.3, -0.25) is 0 Å². The molecule has 1 aromatic carbocycles. The molecule has 1 rings (SSSR count). The number of rotatable bonds is 5. The highest BCUT2D eigenvalue weighted by Gasteiger charge is 2.04. The van der Waals surface area contributed by atoms with E-state index in [9.17, 15) is 0 Å². The third kappa shape index (κ3) is 3.82. The first-order valence-corrected chi connectivity index (χ1v) is 5.46. The molecule has 86 valence electrons. The summed E-state index contributed by atoms with van der Waals surface area (Å²) in [5, 5.41) is 12.6. The van der Waals surface area contributed by atoms with E-state index >= 15 is 0 Å². The second-order valence-electron chi connectivity index (χ2n) is 3.66. The minimum absolute atomic E-state index is 0.275. The summed E-state index contributed by atoms with van der Waals surface area (Å²) >= 11 is 6.05. The third-order valence-corrected chi connectivity index (χ3v) is 2.59. The average molecular weight is 239 g/mol. The first-order chi connectivity index (χ1) is 7.67. The second kappa shape index (κ2) is 6.49. The van der Waals surface area contributed by atoms with E-state index in [-0.39, 0.29) is 6.04 Å². The topological polar surface area (TPSA) is 45.0 Å². The first kappa shape index (κ1) is 13.0. The number of benzene rings is 1. The second-order valence-corrected chi connectivity index (χ2v) is 4.06. The molecule has 0 amide bonds. The lowest BCUT2D eigenvalue weighted by atomic mass is 10.1. The maximum Gasteiger partial charge on any atom is 0.0992 e. The third-order valence-electron chi connectivity index (χ3n) is 2.24. The number of ether oxygens (including phenoxy) is 1. The molecule has 0 saturated heterocycles. The van der Waals surface area contributed by atoms with Gasteiger partial charge in [-0.05, 0) is 24.6 Å². The zero-order chi connectivity index (χ0) is 12.0. The Labute approximate surface area is 101 Å². The Kier molecular flexibility index (Phi) is 5.27. The Morgan fingerprint density at radius 3 is 2.88 bits per heavy atom. The van der Waals surface area contributed by atoms with E-state index in [2.05, 4.69) is 11.4 Å². The van der Waals surface area contributed by atoms with Crippen LogP contribution in [-0.4, -0.2) is 19.8 Å². The predicted octanol–water partition coefficient (Wildman–Crippen LogP) is 2.34. The van der Waals surface area contributed by atoms with Gasteiger partial charge in [0, 0.05) is 24.7 Å². The number of nitriles is 1. The summed E-state index contributed by atoms with van der Waals surface area (Å²) < 4.78 is 5.02. The molecule has 0 aliphatic carbocycles. The molecular weight excluding hydrogens is 224 g/mol. The number of nitrogens with one attached hydrogen (secondary N) is 1. The lowest BCUT2D eigenvalue weighted by Gasteiger charge is -2.13. The summed E-state index contributed by atoms with van der Waals surface area (Å²) in [6, 6.07) is 7.65. The Balaban J connectivity index is 2.58. The lowest BCUT2D eigenvalue weighted by molar-refractivity contribution is 0.171. The van der Waals surface area contributed by atoms with Crippen LogP contribution in [0.15, 0.2) is 18.2 Å². The molecular formula is C12H15ClN2O. The van der Waals surface area contributed by atoms with Crippen LogP contribution in [0.3, 0.4) is 0 Å². The summed E-state index contributed by atoms with van der Waals surface area (Å²) in [6.07, 6.45) is 0. The van der Waals surface area contributed by atoms with E-state index in [1.807, 2.05) is 13.0 Å². The van der Waals surface area contributed by atoms with Crippen molar-refractivity contribution in [2.75, 3.05) is 13.7 Å². The molecule has 0 fully saturated rings. The quantitative estimate of drug-likeness (QED) is 0.857. The van der Waals surface area contributed by atoms with Crippen molar-refractivity contribution in [1.82, 2.24) is 5.32 Å². The summed E-state index contributed by atoms with van der Waals surface area (Å²) in [6.45, 7) is 3.38. The van der Waals surface area contributed by atoms with Gasteiger partial charge in [-0.1, -0.05) is 17.7 Å². The van der Waals surface area contributed by atoms with Crippen molar-refractivity contribution >= 4 is 11.6 Å². The van der Waals surface area contributed by atoms with Crippen LogP contribution in [0.5, 0.6) is 0 Å². The number of hydrogen-bond donors (Lipinski definition) is 1. The molecule has 0 heterocycles. The first-order valence-electron chi connectivity index (χ1n) is 5.08. The van der Waals surface area contributed by atoms with Crippen LogP contribution in [0, 0.1) is 11.3 Å². The standard InChI is InChI=1S/C12H15ClN2O/c1-9(8-16-2)15-7-11-4-3-10(6-14)5-12(11)13/h3-5,9,15H,7-8H2,1-2H3. The van der Waals surface area contributed by atoms with Crippen molar-refractivity contribution in [2.45, 2.75) is 19.5 Å². The van der Waals surface area contributed by atoms with E-state index in [1.54, 1.807) is 19.2 Å². The van der Waals surface area contributed by atoms with E-state index < -0.39 is 0 Å². The zero-order valence-electron chi connectivity index (χ0n) is 9.46. The Bertz CT molecular complexity index is 387. The molecule has 0 aliphatic rings. The van der Waals surface area contributed by atoms with Gasteiger partial charge in [0.15, 0.2) is 0 Å². The molecule has 4 heteroatoms. The van der Waals surface area contributed by atoms with Crippen LogP contribution in [0.2, 0.25) is 5.02 Å². The van der Waals surface area contributed by atoms with Gasteiger partial charge >= 0.3 is 0 Å². The van der Waals surface area contributed by atoms with Crippen molar-refractivity contribution in [3.05, 3.63) is 34.3 Å². The minimum atomic E-state index is 0.275. The molecule has 0 saturated carbocycles. The molecule has 1 aromatic rings. The SMILES string of the molecule is COCC(C)NCc1ccc(C#N)cc1Cl. The molecule has 1 N–H and O–H groups in total. The number of nitrogens with zero attached hydrogens (tertiary/aromatic N) is 1. The molecule has 16 heavy (non-hydrogen) atoms. The zero-order valence-corrected chi connectivity index (χ0v) is 10.2. The molecule has 0 aliphatic heterocycles. The maximum absolute atomic E-state index is 8.70. The van der Waals surface area contributed by atoms with Crippen molar-refractivity contribution in [2.24, 2.45) is 0 Å². The highest BCUT2D eigenvalue weighted by molar-refractivity contribution is 6.31. The van der Waals surface area contributed by atoms with Gasteiger partial charge < -0.3 is 10.1 Å². The summed E-state index contributed by atoms with van der Waals surface area (Å²) in [5.41, 5.74) is 1.57. The van der Waals surface area contributed by atoms with Gasteiger partial charge in [-0.2, -0.15) is 5.26 Å². The molecule has 1 unspecified atom stereocenters. The highest BCUT2D eigenvalue weighted by atomic mass is 35.5. The van der Waals surface area contributed by atoms with Crippen molar-refractivity contribution in [1.29, 1.82) is 5.26 Å². The lowest BCUT2D eigenvalue weighted by Crippen LogP contribution is -2.29. The van der Waals surface area contributed by atoms with E-state index in [4.69, 9.17) is 21.6 Å². The fourth-order valence-electron chi connectivity index (χ4n) is 1.35. The number of hydrogen-bond acceptors (Lipinski definition) is 3. The van der Waals surface area contributed by atoms with Crippen molar-refractivity contribution < 1.29 is 4.74 Å². The molecule has 0 radical (unpaired) electrons. The van der Waals surface area contributed by atoms with E-state index in [0.717, 1.165) is 5.56 Å². The van der Waals surface area contributed by atoms with E-state index in [0.29, 0.717) is 23.7 Å². The molecule has 3 nitrogen and oxygen atoms in total.